The van der Waals surface area contributed by atoms with Crippen LogP contribution >= 0.6 is 11.8 Å². The van der Waals surface area contributed by atoms with Crippen LogP contribution in [0.3, 0.4) is 0 Å². The Kier molecular flexibility index (Phi) is 4.74. The molecular weight excluding hydrogens is 277 g/mol. The quantitative estimate of drug-likeness (QED) is 0.847. The third-order valence-corrected chi connectivity index (χ3v) is 3.78. The number of rotatable bonds is 5. The van der Waals surface area contributed by atoms with Crippen molar-refractivity contribution in [2.75, 3.05) is 19.5 Å². The van der Waals surface area contributed by atoms with Crippen LogP contribution in [-0.2, 0) is 0 Å². The highest BCUT2D eigenvalue weighted by Crippen LogP contribution is 2.39. The lowest BCUT2D eigenvalue weighted by Gasteiger charge is -2.12. The summed E-state index contributed by atoms with van der Waals surface area (Å²) in [6, 6.07) is 10.5. The largest absolute Gasteiger partial charge is 0.496 e. The minimum atomic E-state index is -0.450. The summed E-state index contributed by atoms with van der Waals surface area (Å²) in [5.41, 5.74) is 6.25. The second kappa shape index (κ2) is 6.52. The fourth-order valence-corrected chi connectivity index (χ4v) is 2.70. The summed E-state index contributed by atoms with van der Waals surface area (Å²) in [7, 11) is 1.61. The average Bonchev–Trinajstić information content (AvgIpc) is 2.45. The van der Waals surface area contributed by atoms with E-state index in [2.05, 4.69) is 0 Å². The maximum absolute atomic E-state index is 13.7. The van der Waals surface area contributed by atoms with Gasteiger partial charge in [0.15, 0.2) is 11.6 Å². The van der Waals surface area contributed by atoms with Gasteiger partial charge in [0.25, 0.3) is 0 Å². The Bertz CT molecular complexity index is 604. The molecule has 0 atom stereocenters. The number of para-hydroxylation sites is 1. The summed E-state index contributed by atoms with van der Waals surface area (Å²) in [6.07, 6.45) is 0. The fourth-order valence-electron chi connectivity index (χ4n) is 1.73. The molecule has 20 heavy (non-hydrogen) atoms. The number of nitrogens with two attached hydrogens (primary N) is 1. The predicted octanol–water partition coefficient (Wildman–Crippen LogP) is 3.97. The SMILES string of the molecule is CCOc1cc(Sc2ccccc2OC)c(N)cc1F. The number of hydrogen-bond donors (Lipinski definition) is 1. The zero-order valence-electron chi connectivity index (χ0n) is 11.4. The monoisotopic (exact) mass is 293 g/mol. The molecule has 0 heterocycles. The molecule has 2 rings (SSSR count). The summed E-state index contributed by atoms with van der Waals surface area (Å²) >= 11 is 1.42. The molecule has 0 amide bonds. The fraction of sp³-hybridized carbons (Fsp3) is 0.200. The molecule has 2 aromatic carbocycles. The van der Waals surface area contributed by atoms with Gasteiger partial charge in [0.05, 0.1) is 18.6 Å². The lowest BCUT2D eigenvalue weighted by molar-refractivity contribution is 0.321. The molecule has 0 aromatic heterocycles. The van der Waals surface area contributed by atoms with E-state index in [1.807, 2.05) is 31.2 Å². The molecule has 0 unspecified atom stereocenters. The molecule has 0 spiro atoms. The van der Waals surface area contributed by atoms with E-state index in [0.29, 0.717) is 12.3 Å². The van der Waals surface area contributed by atoms with Gasteiger partial charge in [-0.1, -0.05) is 23.9 Å². The van der Waals surface area contributed by atoms with E-state index in [4.69, 9.17) is 15.2 Å². The van der Waals surface area contributed by atoms with Gasteiger partial charge >= 0.3 is 0 Å². The number of nitrogen functional groups attached to an aromatic ring is 1. The Morgan fingerprint density at radius 2 is 1.90 bits per heavy atom. The topological polar surface area (TPSA) is 44.5 Å². The van der Waals surface area contributed by atoms with Crippen LogP contribution in [0.5, 0.6) is 11.5 Å². The molecule has 2 N–H and O–H groups in total. The van der Waals surface area contributed by atoms with E-state index >= 15 is 0 Å². The number of hydrogen-bond acceptors (Lipinski definition) is 4. The molecule has 0 radical (unpaired) electrons. The van der Waals surface area contributed by atoms with Crippen molar-refractivity contribution in [1.82, 2.24) is 0 Å². The summed E-state index contributed by atoms with van der Waals surface area (Å²) in [5, 5.41) is 0. The summed E-state index contributed by atoms with van der Waals surface area (Å²) < 4.78 is 24.2. The molecule has 0 saturated heterocycles. The van der Waals surface area contributed by atoms with Crippen molar-refractivity contribution < 1.29 is 13.9 Å². The van der Waals surface area contributed by atoms with E-state index in [1.165, 1.54) is 17.8 Å². The Labute approximate surface area is 121 Å². The van der Waals surface area contributed by atoms with Crippen molar-refractivity contribution in [2.45, 2.75) is 16.7 Å². The highest BCUT2D eigenvalue weighted by Gasteiger charge is 2.12. The minimum Gasteiger partial charge on any atom is -0.496 e. The van der Waals surface area contributed by atoms with E-state index in [-0.39, 0.29) is 5.75 Å². The van der Waals surface area contributed by atoms with Crippen molar-refractivity contribution >= 4 is 17.4 Å². The molecule has 3 nitrogen and oxygen atoms in total. The normalized spacial score (nSPS) is 10.3. The van der Waals surface area contributed by atoms with Crippen molar-refractivity contribution in [3.8, 4) is 11.5 Å². The molecular formula is C15H16FNO2S. The lowest BCUT2D eigenvalue weighted by atomic mass is 10.3. The highest BCUT2D eigenvalue weighted by molar-refractivity contribution is 7.99. The van der Waals surface area contributed by atoms with Crippen LogP contribution in [0.1, 0.15) is 6.92 Å². The van der Waals surface area contributed by atoms with E-state index in [0.717, 1.165) is 15.5 Å². The number of benzene rings is 2. The van der Waals surface area contributed by atoms with Gasteiger partial charge in [0.2, 0.25) is 0 Å². The predicted molar refractivity (Wildman–Crippen MR) is 79.1 cm³/mol. The second-order valence-electron chi connectivity index (χ2n) is 4.01. The zero-order valence-corrected chi connectivity index (χ0v) is 12.2. The molecule has 0 aliphatic heterocycles. The molecule has 0 bridgehead atoms. The maximum Gasteiger partial charge on any atom is 0.167 e. The van der Waals surface area contributed by atoms with Crippen LogP contribution in [0.15, 0.2) is 46.2 Å². The van der Waals surface area contributed by atoms with E-state index in [1.54, 1.807) is 13.2 Å². The average molecular weight is 293 g/mol. The van der Waals surface area contributed by atoms with Crippen LogP contribution in [0.4, 0.5) is 10.1 Å². The Hall–Kier alpha value is -1.88. The summed E-state index contributed by atoms with van der Waals surface area (Å²) in [6.45, 7) is 2.21. The first kappa shape index (κ1) is 14.5. The van der Waals surface area contributed by atoms with Gasteiger partial charge < -0.3 is 15.2 Å². The Morgan fingerprint density at radius 1 is 1.15 bits per heavy atom. The molecule has 0 aliphatic carbocycles. The first-order valence-electron chi connectivity index (χ1n) is 6.18. The van der Waals surface area contributed by atoms with Crippen LogP contribution in [0, 0.1) is 5.82 Å². The van der Waals surface area contributed by atoms with Gasteiger partial charge in [0, 0.05) is 16.6 Å². The lowest BCUT2D eigenvalue weighted by Crippen LogP contribution is -1.98. The highest BCUT2D eigenvalue weighted by atomic mass is 32.2. The molecule has 5 heteroatoms. The maximum atomic E-state index is 13.7. The van der Waals surface area contributed by atoms with Crippen LogP contribution in [0.25, 0.3) is 0 Å². The first-order chi connectivity index (χ1) is 9.65. The Morgan fingerprint density at radius 3 is 2.60 bits per heavy atom. The number of halogens is 1. The van der Waals surface area contributed by atoms with Crippen molar-refractivity contribution in [3.63, 3.8) is 0 Å². The van der Waals surface area contributed by atoms with Gasteiger partial charge in [-0.05, 0) is 25.1 Å². The zero-order chi connectivity index (χ0) is 14.5. The third kappa shape index (κ3) is 3.17. The van der Waals surface area contributed by atoms with E-state index in [9.17, 15) is 4.39 Å². The summed E-state index contributed by atoms with van der Waals surface area (Å²) in [5.74, 6) is 0.506. The third-order valence-electron chi connectivity index (χ3n) is 2.65. The van der Waals surface area contributed by atoms with E-state index < -0.39 is 5.82 Å². The molecule has 0 fully saturated rings. The molecule has 106 valence electrons. The van der Waals surface area contributed by atoms with Gasteiger partial charge in [-0.2, -0.15) is 0 Å². The van der Waals surface area contributed by atoms with Crippen molar-refractivity contribution in [1.29, 1.82) is 0 Å². The van der Waals surface area contributed by atoms with Gasteiger partial charge in [-0.3, -0.25) is 0 Å². The molecule has 0 saturated carbocycles. The smallest absolute Gasteiger partial charge is 0.167 e. The van der Waals surface area contributed by atoms with Crippen LogP contribution < -0.4 is 15.2 Å². The number of methoxy groups -OCH3 is 1. The van der Waals surface area contributed by atoms with Gasteiger partial charge in [-0.15, -0.1) is 0 Å². The van der Waals surface area contributed by atoms with Crippen molar-refractivity contribution in [2.24, 2.45) is 0 Å². The standard InChI is InChI=1S/C15H16FNO2S/c1-3-19-13-9-15(11(17)8-10(13)16)20-14-7-5-4-6-12(14)18-2/h4-9H,3,17H2,1-2H3. The first-order valence-corrected chi connectivity index (χ1v) is 7.00. The second-order valence-corrected chi connectivity index (χ2v) is 5.09. The van der Waals surface area contributed by atoms with Gasteiger partial charge in [-0.25, -0.2) is 4.39 Å². The van der Waals surface area contributed by atoms with Crippen LogP contribution in [-0.4, -0.2) is 13.7 Å². The summed E-state index contributed by atoms with van der Waals surface area (Å²) in [4.78, 5) is 1.65. The molecule has 2 aromatic rings. The van der Waals surface area contributed by atoms with Gasteiger partial charge in [0.1, 0.15) is 5.75 Å². The number of anilines is 1. The minimum absolute atomic E-state index is 0.207. The van der Waals surface area contributed by atoms with Crippen LogP contribution in [0.2, 0.25) is 0 Å². The Balaban J connectivity index is 2.35. The number of ether oxygens (including phenoxy) is 2. The van der Waals surface area contributed by atoms with Crippen molar-refractivity contribution in [3.05, 3.63) is 42.2 Å². The molecule has 0 aliphatic rings.